The van der Waals surface area contributed by atoms with Crippen LogP contribution in [-0.2, 0) is 0 Å². The van der Waals surface area contributed by atoms with Crippen molar-refractivity contribution < 1.29 is 4.74 Å². The molecule has 4 rings (SSSR count). The zero-order valence-electron chi connectivity index (χ0n) is 17.0. The van der Waals surface area contributed by atoms with Crippen LogP contribution in [0.3, 0.4) is 0 Å². The molecule has 150 valence electrons. The lowest BCUT2D eigenvalue weighted by Crippen LogP contribution is -2.53. The molecule has 0 spiro atoms. The van der Waals surface area contributed by atoms with Crippen LogP contribution in [0, 0.1) is 13.8 Å². The van der Waals surface area contributed by atoms with E-state index in [1.165, 1.54) is 0 Å². The Hall–Kier alpha value is -2.48. The van der Waals surface area contributed by atoms with Gasteiger partial charge in [-0.3, -0.25) is 4.90 Å². The van der Waals surface area contributed by atoms with Gasteiger partial charge >= 0.3 is 0 Å². The van der Waals surface area contributed by atoms with E-state index in [2.05, 4.69) is 34.6 Å². The first-order valence-corrected chi connectivity index (χ1v) is 10.1. The lowest BCUT2D eigenvalue weighted by atomic mass is 10.0. The van der Waals surface area contributed by atoms with Gasteiger partial charge in [-0.15, -0.1) is 0 Å². The van der Waals surface area contributed by atoms with Gasteiger partial charge < -0.3 is 14.5 Å². The number of nitrogens with zero attached hydrogens (tertiary/aromatic N) is 7. The molecule has 4 heterocycles. The largest absolute Gasteiger partial charge is 0.481 e. The van der Waals surface area contributed by atoms with Crippen LogP contribution in [0.5, 0.6) is 5.88 Å². The molecule has 0 aliphatic carbocycles. The standard InChI is InChI=1S/C20H29N7O/c1-15-14-16(2)23-20(22-15)26-8-5-17(6-9-26)25-10-12-27(13-11-25)19-21-7-4-18(24-19)28-3/h4,7,14,17H,5-6,8-13H2,1-3H3. The van der Waals surface area contributed by atoms with Crippen LogP contribution in [0.15, 0.2) is 18.3 Å². The molecule has 8 nitrogen and oxygen atoms in total. The van der Waals surface area contributed by atoms with Gasteiger partial charge in [-0.25, -0.2) is 15.0 Å². The number of piperidine rings is 1. The highest BCUT2D eigenvalue weighted by atomic mass is 16.5. The predicted octanol–water partition coefficient (Wildman–Crippen LogP) is 1.68. The van der Waals surface area contributed by atoms with Crippen molar-refractivity contribution in [1.82, 2.24) is 24.8 Å². The fourth-order valence-electron chi connectivity index (χ4n) is 4.17. The Morgan fingerprint density at radius 2 is 1.50 bits per heavy atom. The third-order valence-corrected chi connectivity index (χ3v) is 5.66. The van der Waals surface area contributed by atoms with Crippen molar-refractivity contribution in [3.8, 4) is 5.88 Å². The molecule has 0 unspecified atom stereocenters. The minimum Gasteiger partial charge on any atom is -0.481 e. The molecule has 2 saturated heterocycles. The van der Waals surface area contributed by atoms with E-state index in [4.69, 9.17) is 4.74 Å². The van der Waals surface area contributed by atoms with Crippen LogP contribution in [0.4, 0.5) is 11.9 Å². The van der Waals surface area contributed by atoms with Crippen molar-refractivity contribution in [2.45, 2.75) is 32.7 Å². The first-order chi connectivity index (χ1) is 13.6. The van der Waals surface area contributed by atoms with Crippen molar-refractivity contribution in [3.05, 3.63) is 29.7 Å². The minimum absolute atomic E-state index is 0.619. The lowest BCUT2D eigenvalue weighted by Gasteiger charge is -2.42. The molecule has 28 heavy (non-hydrogen) atoms. The highest BCUT2D eigenvalue weighted by molar-refractivity contribution is 5.34. The van der Waals surface area contributed by atoms with Crippen molar-refractivity contribution >= 4 is 11.9 Å². The van der Waals surface area contributed by atoms with E-state index in [0.717, 1.165) is 75.4 Å². The summed E-state index contributed by atoms with van der Waals surface area (Å²) in [6.45, 7) is 10.1. The Labute approximate surface area is 166 Å². The molecular weight excluding hydrogens is 354 g/mol. The quantitative estimate of drug-likeness (QED) is 0.790. The number of aromatic nitrogens is 4. The lowest BCUT2D eigenvalue weighted by molar-refractivity contribution is 0.159. The fourth-order valence-corrected chi connectivity index (χ4v) is 4.17. The van der Waals surface area contributed by atoms with E-state index < -0.39 is 0 Å². The number of ether oxygens (including phenoxy) is 1. The number of aryl methyl sites for hydroxylation is 2. The molecule has 0 atom stereocenters. The summed E-state index contributed by atoms with van der Waals surface area (Å²) in [7, 11) is 1.64. The van der Waals surface area contributed by atoms with Gasteiger partial charge in [-0.1, -0.05) is 0 Å². The molecule has 2 fully saturated rings. The molecule has 0 aromatic carbocycles. The van der Waals surface area contributed by atoms with Crippen LogP contribution < -0.4 is 14.5 Å². The van der Waals surface area contributed by atoms with E-state index in [1.807, 2.05) is 19.9 Å². The minimum atomic E-state index is 0.619. The second-order valence-corrected chi connectivity index (χ2v) is 7.59. The molecular formula is C20H29N7O. The van der Waals surface area contributed by atoms with E-state index >= 15 is 0 Å². The molecule has 2 aliphatic heterocycles. The average molecular weight is 384 g/mol. The van der Waals surface area contributed by atoms with Crippen LogP contribution in [0.25, 0.3) is 0 Å². The van der Waals surface area contributed by atoms with Crippen LogP contribution in [0.1, 0.15) is 24.2 Å². The number of hydrogen-bond acceptors (Lipinski definition) is 8. The summed E-state index contributed by atoms with van der Waals surface area (Å²) in [6, 6.07) is 4.45. The zero-order valence-corrected chi connectivity index (χ0v) is 17.0. The molecule has 8 heteroatoms. The Kier molecular flexibility index (Phi) is 5.57. The number of hydrogen-bond donors (Lipinski definition) is 0. The summed E-state index contributed by atoms with van der Waals surface area (Å²) < 4.78 is 5.22. The zero-order chi connectivity index (χ0) is 19.5. The number of rotatable bonds is 4. The summed E-state index contributed by atoms with van der Waals surface area (Å²) in [5.74, 6) is 2.27. The molecule has 0 amide bonds. The Bertz CT molecular complexity index is 779. The van der Waals surface area contributed by atoms with E-state index in [0.29, 0.717) is 11.9 Å². The van der Waals surface area contributed by atoms with Gasteiger partial charge in [0, 0.05) is 69.0 Å². The summed E-state index contributed by atoms with van der Waals surface area (Å²) in [5.41, 5.74) is 2.08. The Morgan fingerprint density at radius 3 is 2.14 bits per heavy atom. The first kappa shape index (κ1) is 18.9. The van der Waals surface area contributed by atoms with E-state index in [9.17, 15) is 0 Å². The molecule has 2 aromatic rings. The second-order valence-electron chi connectivity index (χ2n) is 7.59. The van der Waals surface area contributed by atoms with Crippen molar-refractivity contribution in [2.24, 2.45) is 0 Å². The van der Waals surface area contributed by atoms with Gasteiger partial charge in [0.15, 0.2) is 0 Å². The molecule has 0 bridgehead atoms. The topological polar surface area (TPSA) is 70.5 Å². The van der Waals surface area contributed by atoms with Crippen molar-refractivity contribution in [2.75, 3.05) is 56.2 Å². The highest BCUT2D eigenvalue weighted by Crippen LogP contribution is 2.23. The Morgan fingerprint density at radius 1 is 0.857 bits per heavy atom. The van der Waals surface area contributed by atoms with E-state index in [-0.39, 0.29) is 0 Å². The number of anilines is 2. The van der Waals surface area contributed by atoms with Gasteiger partial charge in [0.1, 0.15) is 0 Å². The van der Waals surface area contributed by atoms with Gasteiger partial charge in [0.05, 0.1) is 7.11 Å². The SMILES string of the molecule is COc1ccnc(N2CCN(C3CCN(c4nc(C)cc(C)n4)CC3)CC2)n1. The van der Waals surface area contributed by atoms with Gasteiger partial charge in [-0.05, 0) is 32.8 Å². The number of methoxy groups -OCH3 is 1. The molecule has 0 N–H and O–H groups in total. The second kappa shape index (κ2) is 8.26. The highest BCUT2D eigenvalue weighted by Gasteiger charge is 2.29. The molecule has 2 aromatic heterocycles. The summed E-state index contributed by atoms with van der Waals surface area (Å²) in [5, 5.41) is 0. The molecule has 2 aliphatic rings. The summed E-state index contributed by atoms with van der Waals surface area (Å²) in [4.78, 5) is 25.3. The maximum Gasteiger partial charge on any atom is 0.228 e. The van der Waals surface area contributed by atoms with Gasteiger partial charge in [0.25, 0.3) is 0 Å². The third kappa shape index (κ3) is 4.16. The summed E-state index contributed by atoms with van der Waals surface area (Å²) >= 11 is 0. The smallest absolute Gasteiger partial charge is 0.228 e. The maximum atomic E-state index is 5.22. The fraction of sp³-hybridized carbons (Fsp3) is 0.600. The van der Waals surface area contributed by atoms with Crippen molar-refractivity contribution in [1.29, 1.82) is 0 Å². The van der Waals surface area contributed by atoms with Gasteiger partial charge in [0.2, 0.25) is 17.8 Å². The predicted molar refractivity (Wildman–Crippen MR) is 109 cm³/mol. The average Bonchev–Trinajstić information content (AvgIpc) is 2.73. The monoisotopic (exact) mass is 383 g/mol. The van der Waals surface area contributed by atoms with Crippen LogP contribution in [0.2, 0.25) is 0 Å². The van der Waals surface area contributed by atoms with Gasteiger partial charge in [-0.2, -0.15) is 4.98 Å². The van der Waals surface area contributed by atoms with E-state index in [1.54, 1.807) is 19.4 Å². The maximum absolute atomic E-state index is 5.22. The normalized spacial score (nSPS) is 19.1. The molecule has 0 radical (unpaired) electrons. The molecule has 0 saturated carbocycles. The summed E-state index contributed by atoms with van der Waals surface area (Å²) in [6.07, 6.45) is 4.08. The first-order valence-electron chi connectivity index (χ1n) is 10.1. The Balaban J connectivity index is 1.30. The third-order valence-electron chi connectivity index (χ3n) is 5.66. The van der Waals surface area contributed by atoms with Crippen molar-refractivity contribution in [3.63, 3.8) is 0 Å². The number of piperazine rings is 1. The van der Waals surface area contributed by atoms with Crippen LogP contribution in [-0.4, -0.2) is 77.3 Å². The van der Waals surface area contributed by atoms with Crippen LogP contribution >= 0.6 is 0 Å².